The third-order valence-corrected chi connectivity index (χ3v) is 1.45. The SMILES string of the molecule is COC(C)Oc1ccc(F)cc1. The van der Waals surface area contributed by atoms with Gasteiger partial charge < -0.3 is 9.47 Å². The van der Waals surface area contributed by atoms with E-state index in [0.29, 0.717) is 5.75 Å². The highest BCUT2D eigenvalue weighted by molar-refractivity contribution is 5.22. The van der Waals surface area contributed by atoms with Crippen LogP contribution < -0.4 is 4.74 Å². The van der Waals surface area contributed by atoms with Crippen LogP contribution in [0.1, 0.15) is 6.92 Å². The zero-order valence-electron chi connectivity index (χ0n) is 7.08. The van der Waals surface area contributed by atoms with Gasteiger partial charge in [0, 0.05) is 7.11 Å². The number of rotatable bonds is 3. The highest BCUT2D eigenvalue weighted by Gasteiger charge is 2.00. The molecule has 0 aliphatic heterocycles. The molecular weight excluding hydrogens is 159 g/mol. The summed E-state index contributed by atoms with van der Waals surface area (Å²) in [7, 11) is 1.55. The number of hydrogen-bond acceptors (Lipinski definition) is 2. The van der Waals surface area contributed by atoms with Crippen LogP contribution in [-0.2, 0) is 4.74 Å². The maximum Gasteiger partial charge on any atom is 0.196 e. The molecule has 0 fully saturated rings. The van der Waals surface area contributed by atoms with Crippen LogP contribution in [0.4, 0.5) is 4.39 Å². The summed E-state index contributed by atoms with van der Waals surface area (Å²) >= 11 is 0. The lowest BCUT2D eigenvalue weighted by Gasteiger charge is -2.11. The molecule has 0 spiro atoms. The molecule has 0 saturated heterocycles. The van der Waals surface area contributed by atoms with Gasteiger partial charge in [-0.1, -0.05) is 0 Å². The lowest BCUT2D eigenvalue weighted by atomic mass is 10.3. The van der Waals surface area contributed by atoms with Gasteiger partial charge in [0.25, 0.3) is 0 Å². The van der Waals surface area contributed by atoms with Crippen LogP contribution in [0.3, 0.4) is 0 Å². The predicted molar refractivity (Wildman–Crippen MR) is 43.5 cm³/mol. The Morgan fingerprint density at radius 1 is 1.25 bits per heavy atom. The second-order valence-corrected chi connectivity index (χ2v) is 2.38. The van der Waals surface area contributed by atoms with Gasteiger partial charge in [0.1, 0.15) is 11.6 Å². The summed E-state index contributed by atoms with van der Waals surface area (Å²) in [5, 5.41) is 0. The molecule has 66 valence electrons. The Kier molecular flexibility index (Phi) is 3.05. The molecule has 1 atom stereocenters. The van der Waals surface area contributed by atoms with Crippen molar-refractivity contribution in [2.75, 3.05) is 7.11 Å². The smallest absolute Gasteiger partial charge is 0.196 e. The molecule has 0 saturated carbocycles. The summed E-state index contributed by atoms with van der Waals surface area (Å²) in [5.41, 5.74) is 0. The number of hydrogen-bond donors (Lipinski definition) is 0. The van der Waals surface area contributed by atoms with E-state index in [1.165, 1.54) is 12.1 Å². The molecule has 1 unspecified atom stereocenters. The summed E-state index contributed by atoms with van der Waals surface area (Å²) in [6.07, 6.45) is -0.310. The number of ether oxygens (including phenoxy) is 2. The molecule has 0 N–H and O–H groups in total. The highest BCUT2D eigenvalue weighted by Crippen LogP contribution is 2.12. The first-order valence-electron chi connectivity index (χ1n) is 3.67. The summed E-state index contributed by atoms with van der Waals surface area (Å²) in [5.74, 6) is 0.332. The normalized spacial score (nSPS) is 12.6. The fourth-order valence-corrected chi connectivity index (χ4v) is 0.753. The van der Waals surface area contributed by atoms with Gasteiger partial charge in [0.05, 0.1) is 0 Å². The molecule has 0 heterocycles. The molecule has 0 amide bonds. The third kappa shape index (κ3) is 2.51. The molecule has 0 bridgehead atoms. The Hall–Kier alpha value is -1.09. The third-order valence-electron chi connectivity index (χ3n) is 1.45. The minimum Gasteiger partial charge on any atom is -0.465 e. The van der Waals surface area contributed by atoms with Crippen molar-refractivity contribution in [1.29, 1.82) is 0 Å². The Morgan fingerprint density at radius 3 is 2.33 bits per heavy atom. The summed E-state index contributed by atoms with van der Waals surface area (Å²) in [4.78, 5) is 0. The Labute approximate surface area is 70.9 Å². The van der Waals surface area contributed by atoms with Gasteiger partial charge in [-0.05, 0) is 31.2 Å². The number of benzene rings is 1. The van der Waals surface area contributed by atoms with Crippen molar-refractivity contribution in [3.05, 3.63) is 30.1 Å². The van der Waals surface area contributed by atoms with E-state index in [1.807, 2.05) is 0 Å². The first-order valence-corrected chi connectivity index (χ1v) is 3.67. The topological polar surface area (TPSA) is 18.5 Å². The molecule has 1 rings (SSSR count). The van der Waals surface area contributed by atoms with Gasteiger partial charge in [-0.3, -0.25) is 0 Å². The van der Waals surface area contributed by atoms with Crippen LogP contribution in [0.5, 0.6) is 5.75 Å². The van der Waals surface area contributed by atoms with E-state index in [4.69, 9.17) is 9.47 Å². The van der Waals surface area contributed by atoms with Gasteiger partial charge in [0.15, 0.2) is 6.29 Å². The molecule has 3 heteroatoms. The minimum absolute atomic E-state index is 0.271. The van der Waals surface area contributed by atoms with Crippen molar-refractivity contribution in [2.45, 2.75) is 13.2 Å². The van der Waals surface area contributed by atoms with Crippen LogP contribution >= 0.6 is 0 Å². The molecule has 1 aromatic carbocycles. The van der Waals surface area contributed by atoms with Crippen LogP contribution in [0.2, 0.25) is 0 Å². The average Bonchev–Trinajstić information content (AvgIpc) is 2.09. The lowest BCUT2D eigenvalue weighted by molar-refractivity contribution is -0.0383. The van der Waals surface area contributed by atoms with E-state index in [2.05, 4.69) is 0 Å². The monoisotopic (exact) mass is 170 g/mol. The lowest BCUT2D eigenvalue weighted by Crippen LogP contribution is -2.13. The van der Waals surface area contributed by atoms with Crippen LogP contribution in [-0.4, -0.2) is 13.4 Å². The van der Waals surface area contributed by atoms with Crippen molar-refractivity contribution >= 4 is 0 Å². The molecule has 2 nitrogen and oxygen atoms in total. The van der Waals surface area contributed by atoms with Crippen LogP contribution in [0.25, 0.3) is 0 Å². The van der Waals surface area contributed by atoms with Crippen molar-refractivity contribution in [1.82, 2.24) is 0 Å². The Morgan fingerprint density at radius 2 is 1.83 bits per heavy atom. The summed E-state index contributed by atoms with van der Waals surface area (Å²) in [6, 6.07) is 5.81. The van der Waals surface area contributed by atoms with Crippen molar-refractivity contribution in [3.8, 4) is 5.75 Å². The van der Waals surface area contributed by atoms with E-state index >= 15 is 0 Å². The molecule has 0 aliphatic carbocycles. The second kappa shape index (κ2) is 4.07. The highest BCUT2D eigenvalue weighted by atomic mass is 19.1. The molecular formula is C9H11FO2. The van der Waals surface area contributed by atoms with Gasteiger partial charge in [-0.15, -0.1) is 0 Å². The summed E-state index contributed by atoms with van der Waals surface area (Å²) in [6.45, 7) is 1.77. The summed E-state index contributed by atoms with van der Waals surface area (Å²) < 4.78 is 22.5. The molecule has 1 aromatic rings. The van der Waals surface area contributed by atoms with Crippen LogP contribution in [0, 0.1) is 5.82 Å². The van der Waals surface area contributed by atoms with Crippen LogP contribution in [0.15, 0.2) is 24.3 Å². The molecule has 0 aliphatic rings. The van der Waals surface area contributed by atoms with E-state index in [0.717, 1.165) is 0 Å². The van der Waals surface area contributed by atoms with E-state index in [1.54, 1.807) is 26.2 Å². The van der Waals surface area contributed by atoms with Gasteiger partial charge in [-0.25, -0.2) is 4.39 Å². The minimum atomic E-state index is -0.310. The largest absolute Gasteiger partial charge is 0.465 e. The quantitative estimate of drug-likeness (QED) is 0.647. The molecule has 0 radical (unpaired) electrons. The van der Waals surface area contributed by atoms with Gasteiger partial charge in [0.2, 0.25) is 0 Å². The van der Waals surface area contributed by atoms with Gasteiger partial charge in [-0.2, -0.15) is 0 Å². The van der Waals surface area contributed by atoms with Crippen molar-refractivity contribution < 1.29 is 13.9 Å². The maximum atomic E-state index is 12.4. The Bertz CT molecular complexity index is 233. The first kappa shape index (κ1) is 9.00. The molecule has 0 aromatic heterocycles. The molecule has 12 heavy (non-hydrogen) atoms. The van der Waals surface area contributed by atoms with E-state index < -0.39 is 0 Å². The fourth-order valence-electron chi connectivity index (χ4n) is 0.753. The predicted octanol–water partition coefficient (Wildman–Crippen LogP) is 2.20. The van der Waals surface area contributed by atoms with Crippen molar-refractivity contribution in [3.63, 3.8) is 0 Å². The van der Waals surface area contributed by atoms with Crippen molar-refractivity contribution in [2.24, 2.45) is 0 Å². The zero-order valence-corrected chi connectivity index (χ0v) is 7.08. The second-order valence-electron chi connectivity index (χ2n) is 2.38. The number of halogens is 1. The van der Waals surface area contributed by atoms with Gasteiger partial charge >= 0.3 is 0 Å². The number of methoxy groups -OCH3 is 1. The maximum absolute atomic E-state index is 12.4. The first-order chi connectivity index (χ1) is 5.72. The fraction of sp³-hybridized carbons (Fsp3) is 0.333. The van der Waals surface area contributed by atoms with E-state index in [-0.39, 0.29) is 12.1 Å². The van der Waals surface area contributed by atoms with E-state index in [9.17, 15) is 4.39 Å². The average molecular weight is 170 g/mol. The zero-order chi connectivity index (χ0) is 8.97. The Balaban J connectivity index is 2.58. The standard InChI is InChI=1S/C9H11FO2/c1-7(11-2)12-9-5-3-8(10)4-6-9/h3-7H,1-2H3.